The van der Waals surface area contributed by atoms with E-state index in [0.717, 1.165) is 5.69 Å². The number of nitrogens with one attached hydrogen (secondary N) is 1. The molecule has 0 unspecified atom stereocenters. The fourth-order valence-electron chi connectivity index (χ4n) is 1.29. The van der Waals surface area contributed by atoms with Gasteiger partial charge in [0.25, 0.3) is 5.96 Å². The van der Waals surface area contributed by atoms with Gasteiger partial charge >= 0.3 is 5.96 Å². The Bertz CT molecular complexity index is 398. The Morgan fingerprint density at radius 3 is 2.47 bits per heavy atom. The molecule has 0 amide bonds. The van der Waals surface area contributed by atoms with Crippen molar-refractivity contribution >= 4 is 17.6 Å². The molecule has 1 aliphatic heterocycles. The molecule has 5 nitrogen and oxygen atoms in total. The van der Waals surface area contributed by atoms with Crippen LogP contribution in [0.15, 0.2) is 35.3 Å². The number of aliphatic imine (C=N–C) groups is 1. The van der Waals surface area contributed by atoms with Gasteiger partial charge in [0.1, 0.15) is 5.69 Å². The van der Waals surface area contributed by atoms with Crippen LogP contribution in [0.1, 0.15) is 0 Å². The number of hydrogen-bond acceptors (Lipinski definition) is 4. The lowest BCUT2D eigenvalue weighted by atomic mass is 10.3. The fourth-order valence-corrected chi connectivity index (χ4v) is 1.29. The molecule has 6 heteroatoms. The van der Waals surface area contributed by atoms with E-state index in [4.69, 9.17) is 11.5 Å². The number of rotatable bonds is 1. The van der Waals surface area contributed by atoms with E-state index in [0.29, 0.717) is 18.6 Å². The standard InChI is InChI=1S/C9H11N5.ClH/c10-8-12-6-14(9(11)13-8)7-4-2-1-3-5-7;/h1-5H,6H2,(H4,10,11,12,13);1H. The van der Waals surface area contributed by atoms with E-state index in [1.807, 2.05) is 34.9 Å². The van der Waals surface area contributed by atoms with Crippen LogP contribution in [0.25, 0.3) is 0 Å². The van der Waals surface area contributed by atoms with Crippen LogP contribution >= 0.6 is 0 Å². The summed E-state index contributed by atoms with van der Waals surface area (Å²) >= 11 is 0. The summed E-state index contributed by atoms with van der Waals surface area (Å²) in [7, 11) is 0. The van der Waals surface area contributed by atoms with Crippen LogP contribution in [-0.2, 0) is 0 Å². The van der Waals surface area contributed by atoms with E-state index in [2.05, 4.69) is 10.3 Å². The third kappa shape index (κ3) is 2.38. The Morgan fingerprint density at radius 1 is 1.20 bits per heavy atom. The lowest BCUT2D eigenvalue weighted by Crippen LogP contribution is -3.00. The van der Waals surface area contributed by atoms with Crippen molar-refractivity contribution in [2.75, 3.05) is 6.67 Å². The summed E-state index contributed by atoms with van der Waals surface area (Å²) in [4.78, 5) is 4.05. The highest BCUT2D eigenvalue weighted by Crippen LogP contribution is 2.10. The molecular weight excluding hydrogens is 214 g/mol. The minimum atomic E-state index is 0. The number of guanidine groups is 2. The highest BCUT2D eigenvalue weighted by atomic mass is 35.5. The van der Waals surface area contributed by atoms with Gasteiger partial charge in [0.05, 0.1) is 0 Å². The molecule has 1 aromatic carbocycles. The van der Waals surface area contributed by atoms with Crippen LogP contribution in [-0.4, -0.2) is 23.2 Å². The molecule has 1 aliphatic rings. The van der Waals surface area contributed by atoms with E-state index < -0.39 is 0 Å². The van der Waals surface area contributed by atoms with Crippen molar-refractivity contribution < 1.29 is 17.0 Å². The average Bonchev–Trinajstić information content (AvgIpc) is 2.19. The topological polar surface area (TPSA) is 79.4 Å². The van der Waals surface area contributed by atoms with Gasteiger partial charge in [-0.05, 0) is 12.1 Å². The van der Waals surface area contributed by atoms with Gasteiger partial charge in [-0.15, -0.1) is 0 Å². The highest BCUT2D eigenvalue weighted by Gasteiger charge is 2.16. The van der Waals surface area contributed by atoms with E-state index in [1.165, 1.54) is 0 Å². The average molecular weight is 226 g/mol. The molecule has 1 aromatic rings. The number of para-hydroxylation sites is 1. The van der Waals surface area contributed by atoms with Crippen LogP contribution in [0.2, 0.25) is 0 Å². The van der Waals surface area contributed by atoms with Gasteiger partial charge in [-0.1, -0.05) is 18.2 Å². The van der Waals surface area contributed by atoms with E-state index in [1.54, 1.807) is 0 Å². The first-order chi connectivity index (χ1) is 6.77. The van der Waals surface area contributed by atoms with Crippen LogP contribution in [0.3, 0.4) is 0 Å². The van der Waals surface area contributed by atoms with Gasteiger partial charge in [-0.3, -0.25) is 5.73 Å². The molecule has 0 saturated heterocycles. The molecule has 0 aliphatic carbocycles. The van der Waals surface area contributed by atoms with Gasteiger partial charge in [0.2, 0.25) is 0 Å². The van der Waals surface area contributed by atoms with Crippen molar-refractivity contribution in [1.82, 2.24) is 5.32 Å². The third-order valence-electron chi connectivity index (χ3n) is 2.00. The first-order valence-corrected chi connectivity index (χ1v) is 4.29. The molecule has 0 bridgehead atoms. The Morgan fingerprint density at radius 2 is 1.87 bits per heavy atom. The van der Waals surface area contributed by atoms with Crippen molar-refractivity contribution in [3.05, 3.63) is 30.3 Å². The van der Waals surface area contributed by atoms with Crippen LogP contribution in [0.4, 0.5) is 5.69 Å². The number of benzene rings is 1. The van der Waals surface area contributed by atoms with Gasteiger partial charge in [0, 0.05) is 0 Å². The minimum Gasteiger partial charge on any atom is -1.00 e. The second kappa shape index (κ2) is 4.65. The second-order valence-corrected chi connectivity index (χ2v) is 2.96. The van der Waals surface area contributed by atoms with Crippen molar-refractivity contribution in [3.63, 3.8) is 0 Å². The summed E-state index contributed by atoms with van der Waals surface area (Å²) in [5, 5.41) is 2.78. The maximum absolute atomic E-state index is 5.77. The molecule has 0 radical (unpaired) electrons. The normalized spacial score (nSPS) is 15.1. The SMILES string of the molecule is NC1=NC[N+](c2ccccc2)=C(N)N1.[Cl-]. The maximum Gasteiger partial charge on any atom is 0.357 e. The van der Waals surface area contributed by atoms with E-state index >= 15 is 0 Å². The second-order valence-electron chi connectivity index (χ2n) is 2.96. The molecule has 80 valence electrons. The first kappa shape index (κ1) is 11.3. The van der Waals surface area contributed by atoms with Crippen molar-refractivity contribution in [3.8, 4) is 0 Å². The molecule has 1 heterocycles. The Labute approximate surface area is 93.9 Å². The zero-order valence-electron chi connectivity index (χ0n) is 8.02. The predicted molar refractivity (Wildman–Crippen MR) is 55.2 cm³/mol. The largest absolute Gasteiger partial charge is 1.00 e. The van der Waals surface area contributed by atoms with Crippen molar-refractivity contribution in [2.45, 2.75) is 0 Å². The quantitative estimate of drug-likeness (QED) is 0.435. The number of halogens is 1. The molecule has 0 atom stereocenters. The molecule has 0 saturated carbocycles. The Kier molecular flexibility index (Phi) is 3.51. The molecule has 5 N–H and O–H groups in total. The zero-order valence-corrected chi connectivity index (χ0v) is 8.78. The summed E-state index contributed by atoms with van der Waals surface area (Å²) in [6.45, 7) is 0.453. The summed E-state index contributed by atoms with van der Waals surface area (Å²) < 4.78 is 1.84. The highest BCUT2D eigenvalue weighted by molar-refractivity contribution is 5.96. The summed E-state index contributed by atoms with van der Waals surface area (Å²) in [5.74, 6) is 0.860. The van der Waals surface area contributed by atoms with E-state index in [9.17, 15) is 0 Å². The lowest BCUT2D eigenvalue weighted by molar-refractivity contribution is -0.443. The molecule has 0 aromatic heterocycles. The smallest absolute Gasteiger partial charge is 0.357 e. The molecule has 2 rings (SSSR count). The summed E-state index contributed by atoms with van der Waals surface area (Å²) in [6.07, 6.45) is 0. The first-order valence-electron chi connectivity index (χ1n) is 4.29. The summed E-state index contributed by atoms with van der Waals surface area (Å²) in [5.41, 5.74) is 12.2. The molecule has 15 heavy (non-hydrogen) atoms. The summed E-state index contributed by atoms with van der Waals surface area (Å²) in [6, 6.07) is 9.78. The maximum atomic E-state index is 5.77. The van der Waals surface area contributed by atoms with Gasteiger partial charge < -0.3 is 18.1 Å². The Balaban J connectivity index is 0.00000112. The number of hydrogen-bond donors (Lipinski definition) is 3. The zero-order chi connectivity index (χ0) is 9.97. The third-order valence-corrected chi connectivity index (χ3v) is 2.00. The van der Waals surface area contributed by atoms with Crippen LogP contribution in [0, 0.1) is 0 Å². The van der Waals surface area contributed by atoms with Gasteiger partial charge in [-0.25, -0.2) is 14.9 Å². The molecule has 0 fully saturated rings. The minimum absolute atomic E-state index is 0. The van der Waals surface area contributed by atoms with Gasteiger partial charge in [0.15, 0.2) is 6.67 Å². The lowest BCUT2D eigenvalue weighted by Gasteiger charge is -2.12. The van der Waals surface area contributed by atoms with E-state index in [-0.39, 0.29) is 12.4 Å². The van der Waals surface area contributed by atoms with Crippen LogP contribution < -0.4 is 29.2 Å². The number of nitrogens with two attached hydrogens (primary N) is 2. The van der Waals surface area contributed by atoms with Crippen LogP contribution in [0.5, 0.6) is 0 Å². The number of nitrogens with zero attached hydrogens (tertiary/aromatic N) is 2. The van der Waals surface area contributed by atoms with Crippen molar-refractivity contribution in [1.29, 1.82) is 0 Å². The predicted octanol–water partition coefficient (Wildman–Crippen LogP) is -3.48. The molecular formula is C9H12ClN5. The van der Waals surface area contributed by atoms with Gasteiger partial charge in [-0.2, -0.15) is 0 Å². The monoisotopic (exact) mass is 225 g/mol. The fraction of sp³-hybridized carbons (Fsp3) is 0.111. The van der Waals surface area contributed by atoms with Crippen molar-refractivity contribution in [2.24, 2.45) is 16.5 Å². The Hall–Kier alpha value is -1.75. The molecule has 0 spiro atoms.